The number of nitrogens with one attached hydrogen (secondary N) is 1. The number of aromatic nitrogens is 2. The van der Waals surface area contributed by atoms with Gasteiger partial charge in [-0.1, -0.05) is 0 Å². The maximum Gasteiger partial charge on any atom is 0.268 e. The number of rotatable bonds is 1. The van der Waals surface area contributed by atoms with Crippen LogP contribution in [0, 0.1) is 0 Å². The lowest BCUT2D eigenvalue weighted by Gasteiger charge is -1.92. The molecule has 0 fully saturated rings. The second-order valence-corrected chi connectivity index (χ2v) is 1.54. The molecule has 50 valence electrons. The van der Waals surface area contributed by atoms with Crippen molar-refractivity contribution in [2.75, 3.05) is 5.73 Å². The van der Waals surface area contributed by atoms with Gasteiger partial charge in [-0.3, -0.25) is 5.10 Å². The van der Waals surface area contributed by atoms with Crippen LogP contribution < -0.4 is 5.73 Å². The van der Waals surface area contributed by atoms with Gasteiger partial charge in [0.25, 0.3) is 6.43 Å². The van der Waals surface area contributed by atoms with Crippen molar-refractivity contribution in [3.8, 4) is 0 Å². The first kappa shape index (κ1) is 6.00. The molecule has 0 aromatic carbocycles. The summed E-state index contributed by atoms with van der Waals surface area (Å²) in [7, 11) is 0. The maximum atomic E-state index is 11.7. The van der Waals surface area contributed by atoms with Crippen LogP contribution in [0.4, 0.5) is 14.6 Å². The number of halogens is 2. The molecule has 0 spiro atoms. The number of alkyl halides is 2. The van der Waals surface area contributed by atoms with Crippen molar-refractivity contribution < 1.29 is 8.78 Å². The summed E-state index contributed by atoms with van der Waals surface area (Å²) in [5.74, 6) is -0.0648. The van der Waals surface area contributed by atoms with E-state index in [1.165, 1.54) is 0 Å². The van der Waals surface area contributed by atoms with Crippen molar-refractivity contribution >= 4 is 5.82 Å². The van der Waals surface area contributed by atoms with E-state index < -0.39 is 6.43 Å². The van der Waals surface area contributed by atoms with Crippen LogP contribution in [0.5, 0.6) is 0 Å². The summed E-state index contributed by atoms with van der Waals surface area (Å²) in [5.41, 5.74) is 4.80. The molecule has 0 saturated heterocycles. The molecule has 1 rings (SSSR count). The van der Waals surface area contributed by atoms with E-state index in [1.54, 1.807) is 0 Å². The normalized spacial score (nSPS) is 10.6. The molecule has 0 radical (unpaired) electrons. The molecule has 0 saturated carbocycles. The van der Waals surface area contributed by atoms with Crippen molar-refractivity contribution in [3.05, 3.63) is 11.8 Å². The predicted molar refractivity (Wildman–Crippen MR) is 28.0 cm³/mol. The van der Waals surface area contributed by atoms with Gasteiger partial charge >= 0.3 is 0 Å². The van der Waals surface area contributed by atoms with E-state index >= 15 is 0 Å². The summed E-state index contributed by atoms with van der Waals surface area (Å²) in [6.45, 7) is 0. The van der Waals surface area contributed by atoms with E-state index in [0.29, 0.717) is 0 Å². The van der Waals surface area contributed by atoms with Crippen LogP contribution in [0.25, 0.3) is 0 Å². The second kappa shape index (κ2) is 2.00. The Bertz CT molecular complexity index is 195. The molecular weight excluding hydrogens is 128 g/mol. The van der Waals surface area contributed by atoms with Crippen LogP contribution in [-0.4, -0.2) is 10.2 Å². The Morgan fingerprint density at radius 3 is 2.56 bits per heavy atom. The Labute approximate surface area is 49.9 Å². The van der Waals surface area contributed by atoms with E-state index in [2.05, 4.69) is 10.2 Å². The van der Waals surface area contributed by atoms with Gasteiger partial charge in [0.05, 0.1) is 11.8 Å². The molecule has 0 atom stereocenters. The van der Waals surface area contributed by atoms with Crippen LogP contribution in [0.1, 0.15) is 12.0 Å². The summed E-state index contributed by atoms with van der Waals surface area (Å²) in [5, 5.41) is 5.51. The van der Waals surface area contributed by atoms with Gasteiger partial charge in [-0.05, 0) is 0 Å². The molecule has 0 unspecified atom stereocenters. The third kappa shape index (κ3) is 0.984. The third-order valence-electron chi connectivity index (χ3n) is 0.935. The largest absolute Gasteiger partial charge is 0.384 e. The van der Waals surface area contributed by atoms with Crippen molar-refractivity contribution in [2.45, 2.75) is 6.43 Å². The fraction of sp³-hybridized carbons (Fsp3) is 0.250. The maximum absolute atomic E-state index is 11.7. The molecule has 1 heterocycles. The van der Waals surface area contributed by atoms with E-state index in [9.17, 15) is 8.78 Å². The molecule has 0 aliphatic heterocycles. The lowest BCUT2D eigenvalue weighted by atomic mass is 10.3. The van der Waals surface area contributed by atoms with E-state index in [0.717, 1.165) is 6.20 Å². The van der Waals surface area contributed by atoms with E-state index in [4.69, 9.17) is 5.73 Å². The fourth-order valence-corrected chi connectivity index (χ4v) is 0.479. The first-order valence-electron chi connectivity index (χ1n) is 2.28. The Kier molecular flexibility index (Phi) is 1.33. The second-order valence-electron chi connectivity index (χ2n) is 1.54. The van der Waals surface area contributed by atoms with Crippen molar-refractivity contribution in [2.24, 2.45) is 0 Å². The van der Waals surface area contributed by atoms with Gasteiger partial charge < -0.3 is 5.73 Å². The van der Waals surface area contributed by atoms with Crippen LogP contribution in [0.2, 0.25) is 0 Å². The molecule has 0 bridgehead atoms. The predicted octanol–water partition coefficient (Wildman–Crippen LogP) is 0.929. The number of H-pyrrole nitrogens is 1. The summed E-state index contributed by atoms with van der Waals surface area (Å²) < 4.78 is 23.4. The number of nitrogens with two attached hydrogens (primary N) is 1. The zero-order valence-corrected chi connectivity index (χ0v) is 4.44. The van der Waals surface area contributed by atoms with Gasteiger partial charge in [-0.15, -0.1) is 0 Å². The number of aromatic amines is 1. The molecular formula is C4H5F2N3. The molecule has 3 nitrogen and oxygen atoms in total. The lowest BCUT2D eigenvalue weighted by molar-refractivity contribution is 0.152. The highest BCUT2D eigenvalue weighted by Crippen LogP contribution is 2.21. The number of nitrogens with zero attached hydrogens (tertiary/aromatic N) is 1. The zero-order chi connectivity index (χ0) is 6.85. The zero-order valence-electron chi connectivity index (χ0n) is 4.44. The minimum Gasteiger partial charge on any atom is -0.384 e. The van der Waals surface area contributed by atoms with Gasteiger partial charge in [0.1, 0.15) is 5.82 Å². The highest BCUT2D eigenvalue weighted by atomic mass is 19.3. The van der Waals surface area contributed by atoms with Crippen LogP contribution in [-0.2, 0) is 0 Å². The summed E-state index contributed by atoms with van der Waals surface area (Å²) in [6, 6.07) is 0. The van der Waals surface area contributed by atoms with Crippen LogP contribution in [0.3, 0.4) is 0 Å². The quantitative estimate of drug-likeness (QED) is 0.598. The van der Waals surface area contributed by atoms with Gasteiger partial charge in [0.15, 0.2) is 0 Å². The van der Waals surface area contributed by atoms with Crippen molar-refractivity contribution in [3.63, 3.8) is 0 Å². The average molecular weight is 133 g/mol. The molecule has 1 aromatic rings. The Morgan fingerprint density at radius 1 is 1.67 bits per heavy atom. The number of hydrogen-bond acceptors (Lipinski definition) is 2. The van der Waals surface area contributed by atoms with Crippen LogP contribution in [0.15, 0.2) is 6.20 Å². The topological polar surface area (TPSA) is 54.7 Å². The fourth-order valence-electron chi connectivity index (χ4n) is 0.479. The van der Waals surface area contributed by atoms with Crippen LogP contribution >= 0.6 is 0 Å². The van der Waals surface area contributed by atoms with Gasteiger partial charge in [0, 0.05) is 0 Å². The molecule has 0 amide bonds. The van der Waals surface area contributed by atoms with Crippen molar-refractivity contribution in [1.29, 1.82) is 0 Å². The number of anilines is 1. The molecule has 9 heavy (non-hydrogen) atoms. The first-order valence-corrected chi connectivity index (χ1v) is 2.28. The standard InChI is InChI=1S/C4H5F2N3/c5-3(6)2-1-8-9-4(2)7/h1,3H,(H3,7,8,9). The average Bonchev–Trinajstić information content (AvgIpc) is 2.13. The van der Waals surface area contributed by atoms with E-state index in [-0.39, 0.29) is 11.4 Å². The smallest absolute Gasteiger partial charge is 0.268 e. The molecule has 5 heteroatoms. The summed E-state index contributed by atoms with van der Waals surface area (Å²) in [6.07, 6.45) is -1.52. The minimum atomic E-state index is -2.54. The summed E-state index contributed by atoms with van der Waals surface area (Å²) >= 11 is 0. The molecule has 0 aliphatic carbocycles. The monoisotopic (exact) mass is 133 g/mol. The number of nitrogen functional groups attached to an aromatic ring is 1. The highest BCUT2D eigenvalue weighted by molar-refractivity contribution is 5.37. The minimum absolute atomic E-state index is 0.0648. The van der Waals surface area contributed by atoms with Gasteiger partial charge in [0.2, 0.25) is 0 Å². The van der Waals surface area contributed by atoms with Gasteiger partial charge in [-0.2, -0.15) is 5.10 Å². The molecule has 1 aromatic heterocycles. The third-order valence-corrected chi connectivity index (χ3v) is 0.935. The van der Waals surface area contributed by atoms with Gasteiger partial charge in [-0.25, -0.2) is 8.78 Å². The summed E-state index contributed by atoms with van der Waals surface area (Å²) in [4.78, 5) is 0. The van der Waals surface area contributed by atoms with Crippen molar-refractivity contribution in [1.82, 2.24) is 10.2 Å². The Balaban J connectivity index is 2.94. The lowest BCUT2D eigenvalue weighted by Crippen LogP contribution is -1.90. The molecule has 0 aliphatic rings. The Morgan fingerprint density at radius 2 is 2.33 bits per heavy atom. The number of hydrogen-bond donors (Lipinski definition) is 2. The highest BCUT2D eigenvalue weighted by Gasteiger charge is 2.11. The SMILES string of the molecule is Nc1[nH]ncc1C(F)F. The van der Waals surface area contributed by atoms with E-state index in [1.807, 2.05) is 0 Å². The first-order chi connectivity index (χ1) is 4.22. The Hall–Kier alpha value is -1.13. The molecule has 3 N–H and O–H groups in total.